The summed E-state index contributed by atoms with van der Waals surface area (Å²) < 4.78 is 26.6. The summed E-state index contributed by atoms with van der Waals surface area (Å²) in [6.45, 7) is 0. The van der Waals surface area contributed by atoms with Crippen LogP contribution < -0.4 is 5.32 Å². The van der Waals surface area contributed by atoms with Crippen LogP contribution in [0.3, 0.4) is 0 Å². The van der Waals surface area contributed by atoms with Crippen LogP contribution in [-0.4, -0.2) is 23.0 Å². The molecule has 0 heterocycles. The van der Waals surface area contributed by atoms with Crippen molar-refractivity contribution in [3.8, 4) is 0 Å². The van der Waals surface area contributed by atoms with Crippen LogP contribution in [0, 0.1) is 11.6 Å². The minimum atomic E-state index is -1.31. The Kier molecular flexibility index (Phi) is 4.83. The van der Waals surface area contributed by atoms with Gasteiger partial charge in [-0.25, -0.2) is 13.6 Å². The summed E-state index contributed by atoms with van der Waals surface area (Å²) in [5, 5.41) is 11.4. The summed E-state index contributed by atoms with van der Waals surface area (Å²) in [4.78, 5) is 23.2. The van der Waals surface area contributed by atoms with Crippen LogP contribution in [0.15, 0.2) is 48.5 Å². The Morgan fingerprint density at radius 2 is 1.82 bits per heavy atom. The smallest absolute Gasteiger partial charge is 0.326 e. The predicted molar refractivity (Wildman–Crippen MR) is 75.4 cm³/mol. The lowest BCUT2D eigenvalue weighted by atomic mass is 10.0. The molecule has 0 unspecified atom stereocenters. The number of aliphatic carboxylic acids is 1. The highest BCUT2D eigenvalue weighted by Crippen LogP contribution is 2.10. The van der Waals surface area contributed by atoms with Gasteiger partial charge < -0.3 is 10.4 Å². The van der Waals surface area contributed by atoms with Gasteiger partial charge in [-0.1, -0.05) is 24.3 Å². The molecular formula is C16H13F2NO3. The highest BCUT2D eigenvalue weighted by atomic mass is 19.1. The molecule has 0 saturated carbocycles. The van der Waals surface area contributed by atoms with Crippen LogP contribution in [-0.2, 0) is 11.2 Å². The van der Waals surface area contributed by atoms with Gasteiger partial charge in [0, 0.05) is 12.0 Å². The van der Waals surface area contributed by atoms with Crippen molar-refractivity contribution < 1.29 is 23.5 Å². The number of amides is 1. The van der Waals surface area contributed by atoms with Crippen molar-refractivity contribution >= 4 is 11.9 Å². The highest BCUT2D eigenvalue weighted by Gasteiger charge is 2.22. The Hall–Kier alpha value is -2.76. The number of hydrogen-bond acceptors (Lipinski definition) is 2. The lowest BCUT2D eigenvalue weighted by Gasteiger charge is -2.15. The van der Waals surface area contributed by atoms with Crippen molar-refractivity contribution in [3.63, 3.8) is 0 Å². The van der Waals surface area contributed by atoms with Gasteiger partial charge in [0.05, 0.1) is 0 Å². The summed E-state index contributed by atoms with van der Waals surface area (Å²) in [6.07, 6.45) is -0.205. The lowest BCUT2D eigenvalue weighted by Crippen LogP contribution is -2.42. The first-order valence-corrected chi connectivity index (χ1v) is 6.50. The maximum Gasteiger partial charge on any atom is 0.326 e. The summed E-state index contributed by atoms with van der Waals surface area (Å²) in [5.41, 5.74) is 0.175. The van der Waals surface area contributed by atoms with E-state index in [1.54, 1.807) is 6.07 Å². The molecule has 114 valence electrons. The average Bonchev–Trinajstić information content (AvgIpc) is 2.48. The number of halogens is 2. The Labute approximate surface area is 125 Å². The summed E-state index contributed by atoms with van der Waals surface area (Å²) in [7, 11) is 0. The number of nitrogens with one attached hydrogen (secondary N) is 1. The Morgan fingerprint density at radius 1 is 1.09 bits per heavy atom. The molecule has 2 N–H and O–H groups in total. The van der Waals surface area contributed by atoms with E-state index >= 15 is 0 Å². The fourth-order valence-electron chi connectivity index (χ4n) is 1.96. The first-order valence-electron chi connectivity index (χ1n) is 6.50. The molecular weight excluding hydrogens is 292 g/mol. The number of carboxylic acids is 1. The first kappa shape index (κ1) is 15.6. The molecule has 2 aromatic carbocycles. The van der Waals surface area contributed by atoms with Gasteiger partial charge in [0.1, 0.15) is 17.7 Å². The molecule has 0 saturated heterocycles. The van der Waals surface area contributed by atoms with Gasteiger partial charge in [0.15, 0.2) is 0 Å². The maximum atomic E-state index is 13.6. The van der Waals surface area contributed by atoms with E-state index in [0.717, 1.165) is 6.07 Å². The summed E-state index contributed by atoms with van der Waals surface area (Å²) in [5.74, 6) is -3.18. The van der Waals surface area contributed by atoms with E-state index in [9.17, 15) is 18.4 Å². The Bertz CT molecular complexity index is 703. The Balaban J connectivity index is 2.14. The lowest BCUT2D eigenvalue weighted by molar-refractivity contribution is -0.139. The van der Waals surface area contributed by atoms with E-state index in [2.05, 4.69) is 5.32 Å². The Morgan fingerprint density at radius 3 is 2.45 bits per heavy atom. The molecule has 0 aromatic heterocycles. The van der Waals surface area contributed by atoms with Gasteiger partial charge in [-0.3, -0.25) is 4.79 Å². The van der Waals surface area contributed by atoms with E-state index < -0.39 is 29.6 Å². The predicted octanol–water partition coefficient (Wildman–Crippen LogP) is 2.39. The van der Waals surface area contributed by atoms with Crippen molar-refractivity contribution in [1.29, 1.82) is 0 Å². The minimum absolute atomic E-state index is 0.000200. The number of rotatable bonds is 5. The molecule has 22 heavy (non-hydrogen) atoms. The standard InChI is InChI=1S/C16H13F2NO3/c17-12-6-3-5-11(8-12)15(20)19-14(16(21)22)9-10-4-1-2-7-13(10)18/h1-8,14H,9H2,(H,19,20)(H,21,22)/t14-/m0/s1. The van der Waals surface area contributed by atoms with Crippen LogP contribution in [0.5, 0.6) is 0 Å². The molecule has 0 fully saturated rings. The van der Waals surface area contributed by atoms with Gasteiger partial charge in [0.2, 0.25) is 0 Å². The monoisotopic (exact) mass is 305 g/mol. The van der Waals surface area contributed by atoms with Crippen LogP contribution in [0.4, 0.5) is 8.78 Å². The molecule has 2 aromatic rings. The van der Waals surface area contributed by atoms with Gasteiger partial charge in [0.25, 0.3) is 5.91 Å². The molecule has 1 atom stereocenters. The molecule has 2 rings (SSSR count). The molecule has 6 heteroatoms. The van der Waals surface area contributed by atoms with Crippen molar-refractivity contribution in [1.82, 2.24) is 5.32 Å². The van der Waals surface area contributed by atoms with Crippen LogP contribution in [0.25, 0.3) is 0 Å². The van der Waals surface area contributed by atoms with Crippen molar-refractivity contribution in [2.45, 2.75) is 12.5 Å². The van der Waals surface area contributed by atoms with E-state index in [4.69, 9.17) is 5.11 Å². The first-order chi connectivity index (χ1) is 10.5. The van der Waals surface area contributed by atoms with Crippen molar-refractivity contribution in [2.24, 2.45) is 0 Å². The SMILES string of the molecule is O=C(N[C@@H](Cc1ccccc1F)C(=O)O)c1cccc(F)c1. The van der Waals surface area contributed by atoms with Crippen LogP contribution in [0.1, 0.15) is 15.9 Å². The van der Waals surface area contributed by atoms with E-state index in [0.29, 0.717) is 0 Å². The third-order valence-corrected chi connectivity index (χ3v) is 3.07. The maximum absolute atomic E-state index is 13.6. The zero-order valence-electron chi connectivity index (χ0n) is 11.4. The van der Waals surface area contributed by atoms with Crippen LogP contribution in [0.2, 0.25) is 0 Å². The van der Waals surface area contributed by atoms with E-state index in [1.807, 2.05) is 0 Å². The van der Waals surface area contributed by atoms with Crippen molar-refractivity contribution in [2.75, 3.05) is 0 Å². The molecule has 0 aliphatic rings. The molecule has 0 spiro atoms. The minimum Gasteiger partial charge on any atom is -0.480 e. The van der Waals surface area contributed by atoms with Crippen LogP contribution >= 0.6 is 0 Å². The van der Waals surface area contributed by atoms with E-state index in [-0.39, 0.29) is 17.5 Å². The normalized spacial score (nSPS) is 11.7. The fraction of sp³-hybridized carbons (Fsp3) is 0.125. The topological polar surface area (TPSA) is 66.4 Å². The molecule has 0 aliphatic heterocycles. The fourth-order valence-corrected chi connectivity index (χ4v) is 1.96. The van der Waals surface area contributed by atoms with E-state index in [1.165, 1.54) is 36.4 Å². The quantitative estimate of drug-likeness (QED) is 0.891. The van der Waals surface area contributed by atoms with Crippen molar-refractivity contribution in [3.05, 3.63) is 71.3 Å². The molecule has 0 bridgehead atoms. The molecule has 0 radical (unpaired) electrons. The zero-order valence-corrected chi connectivity index (χ0v) is 11.4. The molecule has 0 aliphatic carbocycles. The number of carbonyl (C=O) groups is 2. The number of hydrogen-bond donors (Lipinski definition) is 2. The zero-order chi connectivity index (χ0) is 16.1. The highest BCUT2D eigenvalue weighted by molar-refractivity contribution is 5.96. The van der Waals surface area contributed by atoms with Gasteiger partial charge >= 0.3 is 5.97 Å². The summed E-state index contributed by atoms with van der Waals surface area (Å²) in [6, 6.07) is 9.28. The second kappa shape index (κ2) is 6.80. The second-order valence-electron chi connectivity index (χ2n) is 4.67. The number of carboxylic acid groups (broad SMARTS) is 1. The third-order valence-electron chi connectivity index (χ3n) is 3.07. The van der Waals surface area contributed by atoms with Gasteiger partial charge in [-0.15, -0.1) is 0 Å². The number of carbonyl (C=O) groups excluding carboxylic acids is 1. The largest absolute Gasteiger partial charge is 0.480 e. The summed E-state index contributed by atoms with van der Waals surface area (Å²) >= 11 is 0. The molecule has 4 nitrogen and oxygen atoms in total. The third kappa shape index (κ3) is 3.88. The van der Waals surface area contributed by atoms with Gasteiger partial charge in [-0.05, 0) is 29.8 Å². The number of benzene rings is 2. The average molecular weight is 305 g/mol. The van der Waals surface area contributed by atoms with Gasteiger partial charge in [-0.2, -0.15) is 0 Å². The molecule has 1 amide bonds. The second-order valence-corrected chi connectivity index (χ2v) is 4.67.